The highest BCUT2D eigenvalue weighted by atomic mass is 16.5. The molecular formula is C24H17N3O3. The first-order valence-corrected chi connectivity index (χ1v) is 9.25. The molecule has 6 heteroatoms. The second-order valence-electron chi connectivity index (χ2n) is 6.60. The number of allylic oxidation sites excluding steroid dienone is 1. The molecule has 0 unspecified atom stereocenters. The van der Waals surface area contributed by atoms with Crippen LogP contribution in [0.4, 0.5) is 0 Å². The Morgan fingerprint density at radius 2 is 1.80 bits per heavy atom. The number of benzene rings is 3. The van der Waals surface area contributed by atoms with E-state index >= 15 is 0 Å². The molecule has 3 aromatic carbocycles. The maximum Gasteiger partial charge on any atom is 0.335 e. The van der Waals surface area contributed by atoms with Crippen LogP contribution in [0.5, 0.6) is 5.75 Å². The number of aromatic nitrogens is 2. The van der Waals surface area contributed by atoms with Crippen LogP contribution in [0.2, 0.25) is 0 Å². The average molecular weight is 395 g/mol. The Balaban J connectivity index is 1.58. The molecule has 4 aromatic rings. The van der Waals surface area contributed by atoms with Crippen molar-refractivity contribution in [2.24, 2.45) is 0 Å². The normalized spacial score (nSPS) is 11.2. The number of nitrogens with zero attached hydrogens (tertiary/aromatic N) is 2. The lowest BCUT2D eigenvalue weighted by Crippen LogP contribution is -1.99. The summed E-state index contributed by atoms with van der Waals surface area (Å²) in [5, 5.41) is 18.7. The van der Waals surface area contributed by atoms with E-state index in [4.69, 9.17) is 9.84 Å². The zero-order valence-electron chi connectivity index (χ0n) is 15.9. The van der Waals surface area contributed by atoms with Crippen molar-refractivity contribution in [2.45, 2.75) is 6.61 Å². The molecule has 0 aliphatic rings. The molecule has 1 aromatic heterocycles. The number of aromatic carboxylic acids is 1. The van der Waals surface area contributed by atoms with Crippen molar-refractivity contribution in [3.63, 3.8) is 0 Å². The van der Waals surface area contributed by atoms with E-state index in [1.807, 2.05) is 48.5 Å². The lowest BCUT2D eigenvalue weighted by molar-refractivity contribution is 0.0697. The third kappa shape index (κ3) is 4.05. The molecule has 1 heterocycles. The highest BCUT2D eigenvalue weighted by molar-refractivity contribution is 5.91. The van der Waals surface area contributed by atoms with E-state index in [1.165, 1.54) is 0 Å². The number of carboxylic acid groups (broad SMARTS) is 1. The molecule has 0 atom stereocenters. The summed E-state index contributed by atoms with van der Waals surface area (Å²) in [7, 11) is 0. The Morgan fingerprint density at radius 3 is 2.53 bits per heavy atom. The van der Waals surface area contributed by atoms with E-state index in [0.717, 1.165) is 22.2 Å². The minimum Gasteiger partial charge on any atom is -0.488 e. The summed E-state index contributed by atoms with van der Waals surface area (Å²) in [5.74, 6) is 0.147. The van der Waals surface area contributed by atoms with Gasteiger partial charge >= 0.3 is 5.97 Å². The van der Waals surface area contributed by atoms with Gasteiger partial charge in [-0.25, -0.2) is 9.78 Å². The van der Waals surface area contributed by atoms with Crippen LogP contribution in [0.15, 0.2) is 72.8 Å². The number of nitriles is 1. The van der Waals surface area contributed by atoms with Crippen LogP contribution in [0.3, 0.4) is 0 Å². The van der Waals surface area contributed by atoms with Crippen LogP contribution in [-0.2, 0) is 6.61 Å². The summed E-state index contributed by atoms with van der Waals surface area (Å²) in [6.07, 6.45) is 1.74. The molecule has 0 bridgehead atoms. The lowest BCUT2D eigenvalue weighted by Gasteiger charge is -2.10. The van der Waals surface area contributed by atoms with Gasteiger partial charge in [0, 0.05) is 5.56 Å². The van der Waals surface area contributed by atoms with Crippen LogP contribution in [-0.4, -0.2) is 21.0 Å². The van der Waals surface area contributed by atoms with Gasteiger partial charge in [0.05, 0.1) is 22.2 Å². The molecule has 4 rings (SSSR count). The maximum atomic E-state index is 11.0. The number of imidazole rings is 1. The second-order valence-corrected chi connectivity index (χ2v) is 6.60. The van der Waals surface area contributed by atoms with Crippen molar-refractivity contribution in [3.8, 4) is 11.8 Å². The Kier molecular flexibility index (Phi) is 5.27. The van der Waals surface area contributed by atoms with E-state index in [0.29, 0.717) is 17.1 Å². The molecule has 0 fully saturated rings. The predicted octanol–water partition coefficient (Wildman–Crippen LogP) is 4.90. The van der Waals surface area contributed by atoms with Crippen molar-refractivity contribution in [1.29, 1.82) is 5.26 Å². The van der Waals surface area contributed by atoms with E-state index in [-0.39, 0.29) is 12.2 Å². The first-order chi connectivity index (χ1) is 14.6. The first-order valence-electron chi connectivity index (χ1n) is 9.25. The van der Waals surface area contributed by atoms with Gasteiger partial charge in [0.15, 0.2) is 0 Å². The van der Waals surface area contributed by atoms with Gasteiger partial charge in [0.25, 0.3) is 0 Å². The average Bonchev–Trinajstić information content (AvgIpc) is 3.21. The number of carboxylic acids is 1. The topological polar surface area (TPSA) is 99.0 Å². The van der Waals surface area contributed by atoms with Gasteiger partial charge in [-0.15, -0.1) is 0 Å². The van der Waals surface area contributed by atoms with E-state index in [1.54, 1.807) is 30.3 Å². The van der Waals surface area contributed by atoms with Crippen molar-refractivity contribution in [2.75, 3.05) is 0 Å². The molecule has 0 saturated carbocycles. The van der Waals surface area contributed by atoms with Crippen molar-refractivity contribution in [1.82, 2.24) is 9.97 Å². The molecule has 0 aliphatic heterocycles. The summed E-state index contributed by atoms with van der Waals surface area (Å²) in [4.78, 5) is 18.6. The quantitative estimate of drug-likeness (QED) is 0.452. The number of fused-ring (bicyclic) bond motifs is 1. The minimum atomic E-state index is -0.965. The smallest absolute Gasteiger partial charge is 0.335 e. The Hall–Kier alpha value is -4.37. The molecule has 0 aliphatic carbocycles. The molecule has 0 radical (unpaired) electrons. The fourth-order valence-corrected chi connectivity index (χ4v) is 3.03. The molecule has 0 spiro atoms. The molecule has 6 nitrogen and oxygen atoms in total. The maximum absolute atomic E-state index is 11.0. The molecule has 30 heavy (non-hydrogen) atoms. The molecular weight excluding hydrogens is 378 g/mol. The summed E-state index contributed by atoms with van der Waals surface area (Å²) in [6.45, 7) is 0.275. The number of rotatable bonds is 6. The number of hydrogen-bond donors (Lipinski definition) is 2. The van der Waals surface area contributed by atoms with E-state index in [2.05, 4.69) is 16.0 Å². The monoisotopic (exact) mass is 395 g/mol. The highest BCUT2D eigenvalue weighted by Crippen LogP contribution is 2.25. The van der Waals surface area contributed by atoms with Crippen molar-refractivity contribution in [3.05, 3.63) is 95.3 Å². The van der Waals surface area contributed by atoms with Crippen molar-refractivity contribution < 1.29 is 14.6 Å². The Bertz CT molecular complexity index is 1250. The summed E-state index contributed by atoms with van der Waals surface area (Å²) in [6, 6.07) is 23.7. The highest BCUT2D eigenvalue weighted by Gasteiger charge is 2.10. The number of carbonyl (C=O) groups is 1. The zero-order chi connectivity index (χ0) is 20.9. The lowest BCUT2D eigenvalue weighted by atomic mass is 10.1. The number of ether oxygens (including phenoxy) is 1. The third-order valence-corrected chi connectivity index (χ3v) is 4.58. The fraction of sp³-hybridized carbons (Fsp3) is 0.0417. The van der Waals surface area contributed by atoms with Crippen LogP contribution in [0.1, 0.15) is 27.3 Å². The van der Waals surface area contributed by atoms with Crippen molar-refractivity contribution >= 4 is 28.7 Å². The van der Waals surface area contributed by atoms with E-state index < -0.39 is 5.97 Å². The van der Waals surface area contributed by atoms with Crippen LogP contribution in [0, 0.1) is 11.3 Å². The van der Waals surface area contributed by atoms with E-state index in [9.17, 15) is 10.1 Å². The van der Waals surface area contributed by atoms with Gasteiger partial charge in [0.1, 0.15) is 24.3 Å². The van der Waals surface area contributed by atoms with Gasteiger partial charge < -0.3 is 14.8 Å². The molecule has 0 amide bonds. The molecule has 0 saturated heterocycles. The molecule has 146 valence electrons. The Morgan fingerprint density at radius 1 is 1.07 bits per heavy atom. The number of para-hydroxylation sites is 3. The largest absolute Gasteiger partial charge is 0.488 e. The number of H-pyrrole nitrogens is 1. The summed E-state index contributed by atoms with van der Waals surface area (Å²) < 4.78 is 5.93. The first kappa shape index (κ1) is 19.0. The second kappa shape index (κ2) is 8.33. The van der Waals surface area contributed by atoms with Crippen LogP contribution in [0.25, 0.3) is 22.7 Å². The standard InChI is InChI=1S/C24H17N3O3/c25-14-19(23-26-20-6-2-3-7-21(20)27-23)13-18-5-1-4-8-22(18)30-15-16-9-11-17(12-10-16)24(28)29/h1-13H,15H2,(H,26,27)(H,28,29). The SMILES string of the molecule is N#CC(=Cc1ccccc1OCc1ccc(C(=O)O)cc1)c1nc2ccccc2[nH]1. The van der Waals surface area contributed by atoms with Crippen LogP contribution >= 0.6 is 0 Å². The van der Waals surface area contributed by atoms with Gasteiger partial charge in [0.2, 0.25) is 0 Å². The third-order valence-electron chi connectivity index (χ3n) is 4.58. The van der Waals surface area contributed by atoms with Gasteiger partial charge in [-0.05, 0) is 42.0 Å². The number of nitrogens with one attached hydrogen (secondary N) is 1. The summed E-state index contributed by atoms with van der Waals surface area (Å²) >= 11 is 0. The minimum absolute atomic E-state index is 0.228. The fourth-order valence-electron chi connectivity index (χ4n) is 3.03. The van der Waals surface area contributed by atoms with Gasteiger partial charge in [-0.1, -0.05) is 42.5 Å². The van der Waals surface area contributed by atoms with Crippen LogP contribution < -0.4 is 4.74 Å². The van der Waals surface area contributed by atoms with Gasteiger partial charge in [-0.2, -0.15) is 5.26 Å². The predicted molar refractivity (Wildman–Crippen MR) is 114 cm³/mol. The number of aromatic amines is 1. The molecule has 2 N–H and O–H groups in total. The van der Waals surface area contributed by atoms with Gasteiger partial charge in [-0.3, -0.25) is 0 Å². The zero-order valence-corrected chi connectivity index (χ0v) is 15.9. The Labute approximate surface area is 172 Å². The number of hydrogen-bond acceptors (Lipinski definition) is 4. The summed E-state index contributed by atoms with van der Waals surface area (Å²) in [5.41, 5.74) is 3.87.